The number of rotatable bonds is 2. The van der Waals surface area contributed by atoms with Crippen LogP contribution in [0.4, 0.5) is 0 Å². The van der Waals surface area contributed by atoms with E-state index in [4.69, 9.17) is 16.0 Å². The zero-order chi connectivity index (χ0) is 10.8. The molecule has 0 aliphatic carbocycles. The monoisotopic (exact) mass is 220 g/mol. The Kier molecular flexibility index (Phi) is 2.78. The van der Waals surface area contributed by atoms with Crippen LogP contribution >= 0.6 is 11.6 Å². The van der Waals surface area contributed by atoms with Crippen molar-refractivity contribution in [2.45, 2.75) is 13.3 Å². The Morgan fingerprint density at radius 3 is 2.53 bits per heavy atom. The highest BCUT2D eigenvalue weighted by atomic mass is 35.5. The summed E-state index contributed by atoms with van der Waals surface area (Å²) >= 11 is 5.80. The first-order valence-corrected chi connectivity index (χ1v) is 5.10. The molecule has 2 nitrogen and oxygen atoms in total. The summed E-state index contributed by atoms with van der Waals surface area (Å²) in [7, 11) is 0. The Hall–Kier alpha value is -1.28. The molecule has 2 rings (SSSR count). The van der Waals surface area contributed by atoms with E-state index in [-0.39, 0.29) is 0 Å². The highest BCUT2D eigenvalue weighted by Crippen LogP contribution is 2.23. The van der Waals surface area contributed by atoms with Gasteiger partial charge >= 0.3 is 0 Å². The fourth-order valence-electron chi connectivity index (χ4n) is 1.38. The first-order valence-electron chi connectivity index (χ1n) is 4.72. The molecule has 0 aliphatic rings. The van der Waals surface area contributed by atoms with Crippen molar-refractivity contribution in [2.24, 2.45) is 0 Å². The standard InChI is InChI=1S/C12H11ClNO/c1-3-11-8(2)15-12(14-11)9-4-6-10(13)7-5-9/h4-7H,1,3H2,2H3. The molecular weight excluding hydrogens is 210 g/mol. The van der Waals surface area contributed by atoms with Gasteiger partial charge in [-0.15, -0.1) is 0 Å². The Labute approximate surface area is 93.9 Å². The van der Waals surface area contributed by atoms with Gasteiger partial charge in [-0.3, -0.25) is 0 Å². The van der Waals surface area contributed by atoms with Gasteiger partial charge in [0.1, 0.15) is 5.76 Å². The molecule has 0 bridgehead atoms. The third-order valence-corrected chi connectivity index (χ3v) is 2.47. The number of oxazole rings is 1. The van der Waals surface area contributed by atoms with Crippen LogP contribution in [0.2, 0.25) is 5.02 Å². The van der Waals surface area contributed by atoms with Crippen molar-refractivity contribution >= 4 is 11.6 Å². The summed E-state index contributed by atoms with van der Waals surface area (Å²) in [6.45, 7) is 5.69. The molecule has 0 amide bonds. The molecule has 1 radical (unpaired) electrons. The van der Waals surface area contributed by atoms with Gasteiger partial charge in [-0.05, 0) is 44.5 Å². The van der Waals surface area contributed by atoms with E-state index >= 15 is 0 Å². The Morgan fingerprint density at radius 1 is 1.33 bits per heavy atom. The summed E-state index contributed by atoms with van der Waals surface area (Å²) in [6.07, 6.45) is 0.642. The molecule has 0 fully saturated rings. The lowest BCUT2D eigenvalue weighted by atomic mass is 10.2. The number of benzene rings is 1. The van der Waals surface area contributed by atoms with Gasteiger partial charge in [-0.2, -0.15) is 0 Å². The minimum atomic E-state index is 0.628. The van der Waals surface area contributed by atoms with Crippen molar-refractivity contribution in [3.8, 4) is 11.5 Å². The molecule has 0 N–H and O–H groups in total. The third-order valence-electron chi connectivity index (χ3n) is 2.22. The van der Waals surface area contributed by atoms with E-state index in [1.54, 1.807) is 0 Å². The minimum absolute atomic E-state index is 0.628. The number of nitrogens with zero attached hydrogens (tertiary/aromatic N) is 1. The first-order chi connectivity index (χ1) is 7.20. The van der Waals surface area contributed by atoms with Gasteiger partial charge in [-0.1, -0.05) is 11.6 Å². The molecule has 15 heavy (non-hydrogen) atoms. The van der Waals surface area contributed by atoms with Crippen molar-refractivity contribution in [1.29, 1.82) is 0 Å². The second-order valence-electron chi connectivity index (χ2n) is 3.28. The van der Waals surface area contributed by atoms with Crippen LogP contribution < -0.4 is 0 Å². The summed E-state index contributed by atoms with van der Waals surface area (Å²) in [5.41, 5.74) is 1.84. The molecule has 1 aromatic carbocycles. The van der Waals surface area contributed by atoms with Crippen LogP contribution in [0.15, 0.2) is 28.7 Å². The summed E-state index contributed by atoms with van der Waals surface area (Å²) in [4.78, 5) is 4.36. The van der Waals surface area contributed by atoms with E-state index in [1.807, 2.05) is 31.2 Å². The second-order valence-corrected chi connectivity index (χ2v) is 3.72. The number of hydrogen-bond donors (Lipinski definition) is 0. The van der Waals surface area contributed by atoms with Crippen molar-refractivity contribution < 1.29 is 4.42 Å². The fourth-order valence-corrected chi connectivity index (χ4v) is 1.50. The lowest BCUT2D eigenvalue weighted by molar-refractivity contribution is 0.540. The molecule has 1 heterocycles. The van der Waals surface area contributed by atoms with E-state index in [0.29, 0.717) is 17.3 Å². The number of halogens is 1. The largest absolute Gasteiger partial charge is 0.441 e. The summed E-state index contributed by atoms with van der Waals surface area (Å²) in [5, 5.41) is 0.708. The third kappa shape index (κ3) is 2.05. The van der Waals surface area contributed by atoms with Crippen molar-refractivity contribution in [3.05, 3.63) is 47.7 Å². The molecular formula is C12H11ClNO. The maximum Gasteiger partial charge on any atom is 0.226 e. The summed E-state index contributed by atoms with van der Waals surface area (Å²) < 4.78 is 5.54. The molecule has 0 unspecified atom stereocenters. The van der Waals surface area contributed by atoms with E-state index < -0.39 is 0 Å². The SMILES string of the molecule is [CH2]Cc1nc(-c2ccc(Cl)cc2)oc1C. The molecule has 0 aliphatic heterocycles. The molecule has 2 aromatic rings. The van der Waals surface area contributed by atoms with Crippen LogP contribution in [0.5, 0.6) is 0 Å². The molecule has 0 saturated carbocycles. The van der Waals surface area contributed by atoms with E-state index in [2.05, 4.69) is 11.9 Å². The first kappa shape index (κ1) is 10.2. The van der Waals surface area contributed by atoms with Crippen molar-refractivity contribution in [1.82, 2.24) is 4.98 Å². The van der Waals surface area contributed by atoms with Gasteiger partial charge in [-0.25, -0.2) is 4.98 Å². The van der Waals surface area contributed by atoms with Crippen LogP contribution in [0.1, 0.15) is 11.5 Å². The van der Waals surface area contributed by atoms with Crippen LogP contribution in [0, 0.1) is 13.8 Å². The van der Waals surface area contributed by atoms with Crippen LogP contribution in [-0.2, 0) is 6.42 Å². The van der Waals surface area contributed by atoms with E-state index in [9.17, 15) is 0 Å². The number of aromatic nitrogens is 1. The van der Waals surface area contributed by atoms with Gasteiger partial charge in [0, 0.05) is 10.6 Å². The molecule has 0 atom stereocenters. The van der Waals surface area contributed by atoms with Crippen molar-refractivity contribution in [2.75, 3.05) is 0 Å². The van der Waals surface area contributed by atoms with Crippen LogP contribution in [0.25, 0.3) is 11.5 Å². The van der Waals surface area contributed by atoms with E-state index in [1.165, 1.54) is 0 Å². The minimum Gasteiger partial charge on any atom is -0.441 e. The predicted molar refractivity (Wildman–Crippen MR) is 60.7 cm³/mol. The molecule has 3 heteroatoms. The molecule has 0 saturated heterocycles. The Bertz CT molecular complexity index is 459. The van der Waals surface area contributed by atoms with Gasteiger partial charge in [0.2, 0.25) is 5.89 Å². The van der Waals surface area contributed by atoms with Crippen LogP contribution in [0.3, 0.4) is 0 Å². The van der Waals surface area contributed by atoms with Gasteiger partial charge in [0.15, 0.2) is 0 Å². The lowest BCUT2D eigenvalue weighted by Gasteiger charge is -1.94. The zero-order valence-corrected chi connectivity index (χ0v) is 9.21. The predicted octanol–water partition coefficient (Wildman–Crippen LogP) is 3.68. The zero-order valence-electron chi connectivity index (χ0n) is 8.46. The van der Waals surface area contributed by atoms with Gasteiger partial charge < -0.3 is 4.42 Å². The topological polar surface area (TPSA) is 26.0 Å². The average Bonchev–Trinajstić information content (AvgIpc) is 2.61. The van der Waals surface area contributed by atoms with Crippen LogP contribution in [-0.4, -0.2) is 4.98 Å². The summed E-state index contributed by atoms with van der Waals surface area (Å²) in [5.74, 6) is 1.46. The normalized spacial score (nSPS) is 10.6. The molecule has 0 spiro atoms. The second kappa shape index (κ2) is 4.07. The van der Waals surface area contributed by atoms with Gasteiger partial charge in [0.25, 0.3) is 0 Å². The lowest BCUT2D eigenvalue weighted by Crippen LogP contribution is -1.82. The highest BCUT2D eigenvalue weighted by Gasteiger charge is 2.09. The Morgan fingerprint density at radius 2 is 2.00 bits per heavy atom. The van der Waals surface area contributed by atoms with Gasteiger partial charge in [0.05, 0.1) is 5.69 Å². The highest BCUT2D eigenvalue weighted by molar-refractivity contribution is 6.30. The maximum atomic E-state index is 5.80. The Balaban J connectivity index is 2.41. The maximum absolute atomic E-state index is 5.80. The van der Waals surface area contributed by atoms with Crippen molar-refractivity contribution in [3.63, 3.8) is 0 Å². The van der Waals surface area contributed by atoms with E-state index in [0.717, 1.165) is 17.0 Å². The molecule has 1 aromatic heterocycles. The number of hydrogen-bond acceptors (Lipinski definition) is 2. The quantitative estimate of drug-likeness (QED) is 0.772. The smallest absolute Gasteiger partial charge is 0.226 e. The summed E-state index contributed by atoms with van der Waals surface area (Å²) in [6, 6.07) is 7.42. The fraction of sp³-hybridized carbons (Fsp3) is 0.167. The molecule has 77 valence electrons. The number of aryl methyl sites for hydroxylation is 1. The average molecular weight is 221 g/mol.